The first-order valence-corrected chi connectivity index (χ1v) is 18.0. The van der Waals surface area contributed by atoms with Crippen LogP contribution in [0.5, 0.6) is 0 Å². The van der Waals surface area contributed by atoms with Gasteiger partial charge in [-0.15, -0.1) is 0 Å². The second kappa shape index (κ2) is 30.6. The Labute approximate surface area is 275 Å². The first-order chi connectivity index (χ1) is 21.3. The molecule has 0 saturated heterocycles. The van der Waals surface area contributed by atoms with Gasteiger partial charge >= 0.3 is 0 Å². The zero-order valence-corrected chi connectivity index (χ0v) is 30.4. The van der Waals surface area contributed by atoms with E-state index in [-0.39, 0.29) is 5.41 Å². The van der Waals surface area contributed by atoms with E-state index in [0.717, 1.165) is 25.3 Å². The average Bonchev–Trinajstić information content (AvgIpc) is 3.06. The molecule has 44 heavy (non-hydrogen) atoms. The van der Waals surface area contributed by atoms with Crippen molar-refractivity contribution in [3.05, 3.63) is 72.0 Å². The molecule has 1 aromatic carbocycles. The highest BCUT2D eigenvalue weighted by molar-refractivity contribution is 5.81. The summed E-state index contributed by atoms with van der Waals surface area (Å²) in [5.41, 5.74) is 4.62. The van der Waals surface area contributed by atoms with Crippen LogP contribution < -0.4 is 5.32 Å². The predicted molar refractivity (Wildman–Crippen MR) is 199 cm³/mol. The third-order valence-corrected chi connectivity index (χ3v) is 8.65. The second-order valence-electron chi connectivity index (χ2n) is 12.2. The van der Waals surface area contributed by atoms with Crippen LogP contribution in [-0.2, 0) is 11.2 Å². The van der Waals surface area contributed by atoms with Crippen LogP contribution in [-0.4, -0.2) is 18.5 Å². The summed E-state index contributed by atoms with van der Waals surface area (Å²) in [4.78, 5) is 11.8. The third kappa shape index (κ3) is 23.0. The second-order valence-corrected chi connectivity index (χ2v) is 12.2. The van der Waals surface area contributed by atoms with Gasteiger partial charge in [0.1, 0.15) is 5.78 Å². The number of unbranched alkanes of at least 4 members (excludes halogenated alkanes) is 2. The van der Waals surface area contributed by atoms with Crippen molar-refractivity contribution >= 4 is 12.0 Å². The number of allylic oxidation sites excluding steroid dienone is 4. The van der Waals surface area contributed by atoms with Crippen LogP contribution in [0, 0.1) is 16.7 Å². The quantitative estimate of drug-likeness (QED) is 0.163. The highest BCUT2D eigenvalue weighted by atomic mass is 16.1. The Morgan fingerprint density at radius 2 is 1.50 bits per heavy atom. The van der Waals surface area contributed by atoms with E-state index in [2.05, 4.69) is 82.1 Å². The summed E-state index contributed by atoms with van der Waals surface area (Å²) >= 11 is 0. The maximum Gasteiger partial charge on any atom is 0.135 e. The van der Waals surface area contributed by atoms with Gasteiger partial charge in [-0.3, -0.25) is 4.79 Å². The van der Waals surface area contributed by atoms with Crippen LogP contribution in [0.1, 0.15) is 157 Å². The van der Waals surface area contributed by atoms with Crippen molar-refractivity contribution in [1.29, 1.82) is 5.41 Å². The lowest BCUT2D eigenvalue weighted by Gasteiger charge is -2.33. The molecule has 1 unspecified atom stereocenters. The van der Waals surface area contributed by atoms with E-state index >= 15 is 0 Å². The number of nitrogens with one attached hydrogen (secondary N) is 2. The van der Waals surface area contributed by atoms with Crippen molar-refractivity contribution in [1.82, 2.24) is 5.32 Å². The fourth-order valence-corrected chi connectivity index (χ4v) is 5.63. The minimum Gasteiger partial charge on any atom is -0.391 e. The summed E-state index contributed by atoms with van der Waals surface area (Å²) in [5.74, 6) is 1.23. The molecule has 0 aliphatic heterocycles. The molecule has 252 valence electrons. The predicted octanol–water partition coefficient (Wildman–Crippen LogP) is 12.6. The smallest absolute Gasteiger partial charge is 0.135 e. The topological polar surface area (TPSA) is 53.0 Å². The minimum atomic E-state index is -0.0297. The van der Waals surface area contributed by atoms with Gasteiger partial charge in [0.2, 0.25) is 0 Å². The van der Waals surface area contributed by atoms with Crippen molar-refractivity contribution in [2.24, 2.45) is 11.3 Å². The zero-order chi connectivity index (χ0) is 33.5. The minimum absolute atomic E-state index is 0.0297. The van der Waals surface area contributed by atoms with E-state index in [9.17, 15) is 4.79 Å². The van der Waals surface area contributed by atoms with Crippen LogP contribution >= 0.6 is 0 Å². The van der Waals surface area contributed by atoms with Crippen molar-refractivity contribution in [3.63, 3.8) is 0 Å². The fraction of sp³-hybridized carbons (Fsp3) is 0.659. The molecular formula is C41H72N2O. The van der Waals surface area contributed by atoms with E-state index in [1.807, 2.05) is 13.8 Å². The molecule has 2 N–H and O–H groups in total. The van der Waals surface area contributed by atoms with E-state index in [4.69, 9.17) is 5.41 Å². The Kier molecular flexibility index (Phi) is 30.4. The average molecular weight is 609 g/mol. The maximum atomic E-state index is 11.8. The van der Waals surface area contributed by atoms with Gasteiger partial charge in [0.15, 0.2) is 0 Å². The van der Waals surface area contributed by atoms with Gasteiger partial charge in [0, 0.05) is 12.0 Å². The summed E-state index contributed by atoms with van der Waals surface area (Å²) in [5, 5.41) is 9.18. The van der Waals surface area contributed by atoms with Crippen LogP contribution in [0.15, 0.2) is 66.4 Å². The van der Waals surface area contributed by atoms with Gasteiger partial charge in [-0.1, -0.05) is 147 Å². The molecule has 3 heteroatoms. The van der Waals surface area contributed by atoms with Gasteiger partial charge in [-0.25, -0.2) is 0 Å². The molecule has 0 aromatic heterocycles. The summed E-state index contributed by atoms with van der Waals surface area (Å²) in [6, 6.07) is 10.6. The number of ketones is 1. The molecule has 1 saturated carbocycles. The molecule has 0 bridgehead atoms. The van der Waals surface area contributed by atoms with Gasteiger partial charge < -0.3 is 10.7 Å². The molecule has 0 radical (unpaired) electrons. The van der Waals surface area contributed by atoms with Gasteiger partial charge in [0.25, 0.3) is 0 Å². The monoisotopic (exact) mass is 609 g/mol. The van der Waals surface area contributed by atoms with Crippen LogP contribution in [0.3, 0.4) is 0 Å². The highest BCUT2D eigenvalue weighted by Gasteiger charge is 2.32. The molecule has 0 amide bonds. The molecule has 3 rings (SSSR count). The molecule has 2 aliphatic rings. The normalized spacial score (nSPS) is 15.3. The molecule has 3 nitrogen and oxygen atoms in total. The van der Waals surface area contributed by atoms with E-state index in [0.29, 0.717) is 5.78 Å². The zero-order valence-electron chi connectivity index (χ0n) is 30.4. The number of carbonyl (C=O) groups is 1. The number of benzene rings is 1. The first kappa shape index (κ1) is 43.7. The van der Waals surface area contributed by atoms with Crippen LogP contribution in [0.25, 0.3) is 0 Å². The maximum absolute atomic E-state index is 11.8. The number of rotatable bonds is 14. The molecule has 1 atom stereocenters. The highest BCUT2D eigenvalue weighted by Crippen LogP contribution is 2.38. The Morgan fingerprint density at radius 1 is 0.955 bits per heavy atom. The van der Waals surface area contributed by atoms with Gasteiger partial charge in [0.05, 0.1) is 0 Å². The Balaban J connectivity index is 0. The van der Waals surface area contributed by atoms with Crippen molar-refractivity contribution < 1.29 is 4.79 Å². The lowest BCUT2D eigenvalue weighted by atomic mass is 9.71. The van der Waals surface area contributed by atoms with Gasteiger partial charge in [-0.05, 0) is 95.5 Å². The lowest BCUT2D eigenvalue weighted by molar-refractivity contribution is -0.127. The summed E-state index contributed by atoms with van der Waals surface area (Å²) < 4.78 is 0. The Bertz CT molecular complexity index is 859. The Morgan fingerprint density at radius 3 is 1.93 bits per heavy atom. The Hall–Kier alpha value is -2.42. The van der Waals surface area contributed by atoms with Crippen LogP contribution in [0.2, 0.25) is 0 Å². The fourth-order valence-electron chi connectivity index (χ4n) is 5.63. The van der Waals surface area contributed by atoms with Crippen LogP contribution in [0.4, 0.5) is 0 Å². The van der Waals surface area contributed by atoms with Crippen molar-refractivity contribution in [2.75, 3.05) is 6.54 Å². The summed E-state index contributed by atoms with van der Waals surface area (Å²) in [6.45, 7) is 21.0. The summed E-state index contributed by atoms with van der Waals surface area (Å²) in [7, 11) is 0. The number of Topliss-reactive ketones (excluding diaryl/α,β-unsaturated/α-hetero) is 1. The molecule has 0 heterocycles. The van der Waals surface area contributed by atoms with Crippen molar-refractivity contribution in [2.45, 2.75) is 158 Å². The molecule has 2 aliphatic carbocycles. The number of hydrogen-bond acceptors (Lipinski definition) is 3. The molecular weight excluding hydrogens is 536 g/mol. The van der Waals surface area contributed by atoms with E-state index < -0.39 is 0 Å². The summed E-state index contributed by atoms with van der Waals surface area (Å²) in [6.07, 6.45) is 27.8. The number of hydrogen-bond donors (Lipinski definition) is 2. The number of carbonyl (C=O) groups excluding carboxylic acids is 1. The van der Waals surface area contributed by atoms with E-state index in [1.54, 1.807) is 31.2 Å². The first-order valence-electron chi connectivity index (χ1n) is 18.0. The van der Waals surface area contributed by atoms with Gasteiger partial charge in [-0.2, -0.15) is 0 Å². The molecule has 0 spiro atoms. The standard InChI is InChI=1S/C15H28O.C12H17N.C10H16.C2H5N.C2H6/c1-4-5-11-15(3,13(2)16)12-14-9-7-6-8-10-14;1-2-13-11-7-6-10-12-8-4-3-5-9-12;1-3-9-5-7-10(4-2)8-6-9;1-2-3;1-2/h14H,4-12H2,1-3H3;2-5,8-9,13H,1,6-7,10-11H2;5,7H,3-4,6,8H2,1-2H3;2-3H,1H3;1-2H3. The number of aryl methyl sites for hydroxylation is 1. The van der Waals surface area contributed by atoms with Crippen molar-refractivity contribution in [3.8, 4) is 0 Å². The lowest BCUT2D eigenvalue weighted by Crippen LogP contribution is -2.29. The third-order valence-electron chi connectivity index (χ3n) is 8.65. The largest absolute Gasteiger partial charge is 0.391 e. The molecule has 1 aromatic rings. The van der Waals surface area contributed by atoms with E-state index in [1.165, 1.54) is 102 Å². The SMILES string of the molecule is C=CNCCCCc1ccccc1.CC.CC=N.CCC1=CC=C(CC)CC1.CCCCC(C)(CC1CCCCC1)C(C)=O. The molecule has 1 fully saturated rings.